The van der Waals surface area contributed by atoms with E-state index in [0.717, 1.165) is 25.7 Å². The van der Waals surface area contributed by atoms with Crippen LogP contribution in [0, 0.1) is 0 Å². The van der Waals surface area contributed by atoms with Crippen LogP contribution in [0.3, 0.4) is 0 Å². The lowest BCUT2D eigenvalue weighted by Crippen LogP contribution is -2.17. The van der Waals surface area contributed by atoms with Gasteiger partial charge in [0.25, 0.3) is 0 Å². The van der Waals surface area contributed by atoms with Gasteiger partial charge >= 0.3 is 11.9 Å². The predicted octanol–water partition coefficient (Wildman–Crippen LogP) is 1.73. The molecule has 0 spiro atoms. The van der Waals surface area contributed by atoms with Crippen molar-refractivity contribution in [3.05, 3.63) is 11.4 Å². The van der Waals surface area contributed by atoms with E-state index in [4.69, 9.17) is 9.47 Å². The van der Waals surface area contributed by atoms with Crippen LogP contribution in [0.2, 0.25) is 0 Å². The Morgan fingerprint density at radius 2 is 1.60 bits per heavy atom. The maximum atomic E-state index is 11.9. The summed E-state index contributed by atoms with van der Waals surface area (Å²) in [4.78, 5) is 23.8. The lowest BCUT2D eigenvalue weighted by molar-refractivity contribution is 0.0441. The second-order valence-electron chi connectivity index (χ2n) is 4.39. The lowest BCUT2D eigenvalue weighted by Gasteiger charge is -2.05. The minimum absolute atomic E-state index is 0.0302. The summed E-state index contributed by atoms with van der Waals surface area (Å²) in [5.74, 6) is -1.25. The molecule has 7 nitrogen and oxygen atoms in total. The molecule has 7 heteroatoms. The third-order valence-electron chi connectivity index (χ3n) is 2.68. The topological polar surface area (TPSA) is 83.3 Å². The third kappa shape index (κ3) is 4.32. The Hall–Kier alpha value is -1.92. The molecular weight excluding hydrogens is 262 g/mol. The fourth-order valence-corrected chi connectivity index (χ4v) is 1.48. The van der Waals surface area contributed by atoms with Crippen LogP contribution >= 0.6 is 0 Å². The van der Waals surface area contributed by atoms with Crippen LogP contribution in [-0.2, 0) is 16.5 Å². The number of carbonyl (C=O) groups is 2. The molecule has 1 aromatic heterocycles. The van der Waals surface area contributed by atoms with E-state index in [1.54, 1.807) is 0 Å². The molecule has 1 heterocycles. The van der Waals surface area contributed by atoms with Crippen LogP contribution in [0.25, 0.3) is 0 Å². The second kappa shape index (κ2) is 8.29. The average Bonchev–Trinajstić information content (AvgIpc) is 2.81. The summed E-state index contributed by atoms with van der Waals surface area (Å²) in [6.07, 6.45) is 3.37. The van der Waals surface area contributed by atoms with E-state index >= 15 is 0 Å². The van der Waals surface area contributed by atoms with Crippen molar-refractivity contribution in [2.24, 2.45) is 7.05 Å². The fraction of sp³-hybridized carbons (Fsp3) is 0.692. The Morgan fingerprint density at radius 1 is 1.05 bits per heavy atom. The Balaban J connectivity index is 2.73. The first kappa shape index (κ1) is 16.1. The minimum atomic E-state index is -0.644. The quantitative estimate of drug-likeness (QED) is 0.533. The van der Waals surface area contributed by atoms with E-state index in [-0.39, 0.29) is 11.4 Å². The van der Waals surface area contributed by atoms with E-state index in [1.807, 2.05) is 13.8 Å². The molecule has 20 heavy (non-hydrogen) atoms. The number of esters is 2. The Morgan fingerprint density at radius 3 is 2.15 bits per heavy atom. The Bertz CT molecular complexity index is 456. The molecule has 0 amide bonds. The first-order chi connectivity index (χ1) is 9.61. The van der Waals surface area contributed by atoms with Gasteiger partial charge in [-0.3, -0.25) is 0 Å². The number of carbonyl (C=O) groups excluding carboxylic acids is 2. The number of hydrogen-bond acceptors (Lipinski definition) is 6. The van der Waals surface area contributed by atoms with Gasteiger partial charge in [-0.15, -0.1) is 5.10 Å². The number of aromatic nitrogens is 3. The number of ether oxygens (including phenoxy) is 2. The van der Waals surface area contributed by atoms with E-state index in [0.29, 0.717) is 13.2 Å². The zero-order valence-corrected chi connectivity index (χ0v) is 12.2. The highest BCUT2D eigenvalue weighted by atomic mass is 16.5. The van der Waals surface area contributed by atoms with Crippen molar-refractivity contribution in [1.29, 1.82) is 0 Å². The number of rotatable bonds is 8. The molecule has 0 aromatic carbocycles. The smallest absolute Gasteiger partial charge is 0.361 e. The maximum Gasteiger partial charge on any atom is 0.361 e. The summed E-state index contributed by atoms with van der Waals surface area (Å²) in [7, 11) is 1.53. The number of unbranched alkanes of at least 4 members (excludes halogenated alkanes) is 2. The summed E-state index contributed by atoms with van der Waals surface area (Å²) in [6.45, 7) is 4.60. The molecule has 0 aliphatic carbocycles. The van der Waals surface area contributed by atoms with Crippen LogP contribution in [0.15, 0.2) is 0 Å². The monoisotopic (exact) mass is 283 g/mol. The zero-order chi connectivity index (χ0) is 15.0. The molecule has 0 N–H and O–H groups in total. The third-order valence-corrected chi connectivity index (χ3v) is 2.68. The van der Waals surface area contributed by atoms with Crippen molar-refractivity contribution in [2.45, 2.75) is 39.5 Å². The van der Waals surface area contributed by atoms with E-state index < -0.39 is 11.9 Å². The van der Waals surface area contributed by atoms with Crippen LogP contribution in [0.4, 0.5) is 0 Å². The average molecular weight is 283 g/mol. The number of hydrogen-bond donors (Lipinski definition) is 0. The van der Waals surface area contributed by atoms with Gasteiger partial charge in [-0.05, 0) is 12.8 Å². The van der Waals surface area contributed by atoms with Crippen molar-refractivity contribution >= 4 is 11.9 Å². The number of nitrogens with zero attached hydrogens (tertiary/aromatic N) is 3. The minimum Gasteiger partial charge on any atom is -0.461 e. The molecular formula is C13H21N3O4. The highest BCUT2D eigenvalue weighted by molar-refractivity contribution is 6.00. The maximum absolute atomic E-state index is 11.9. The summed E-state index contributed by atoms with van der Waals surface area (Å²) in [6, 6.07) is 0. The van der Waals surface area contributed by atoms with Crippen LogP contribution in [-0.4, -0.2) is 40.1 Å². The van der Waals surface area contributed by atoms with Crippen molar-refractivity contribution in [3.8, 4) is 0 Å². The molecule has 0 aliphatic rings. The van der Waals surface area contributed by atoms with Gasteiger partial charge in [-0.2, -0.15) is 0 Å². The van der Waals surface area contributed by atoms with Gasteiger partial charge < -0.3 is 9.47 Å². The number of aryl methyl sites for hydroxylation is 1. The second-order valence-corrected chi connectivity index (χ2v) is 4.39. The molecule has 0 bridgehead atoms. The molecule has 0 saturated heterocycles. The van der Waals surface area contributed by atoms with Crippen LogP contribution in [0.1, 0.15) is 60.5 Å². The SMILES string of the molecule is CCCCOC(=O)c1nnn(C)c1C(=O)OCCCC. The van der Waals surface area contributed by atoms with Crippen molar-refractivity contribution < 1.29 is 19.1 Å². The van der Waals surface area contributed by atoms with Crippen molar-refractivity contribution in [1.82, 2.24) is 15.0 Å². The molecule has 1 aromatic rings. The van der Waals surface area contributed by atoms with Crippen LogP contribution in [0.5, 0.6) is 0 Å². The predicted molar refractivity (Wildman–Crippen MR) is 71.4 cm³/mol. The largest absolute Gasteiger partial charge is 0.461 e. The zero-order valence-electron chi connectivity index (χ0n) is 12.2. The molecule has 0 unspecified atom stereocenters. The molecule has 0 fully saturated rings. The molecule has 0 aliphatic heterocycles. The van der Waals surface area contributed by atoms with Crippen molar-refractivity contribution in [3.63, 3.8) is 0 Å². The highest BCUT2D eigenvalue weighted by Gasteiger charge is 2.26. The van der Waals surface area contributed by atoms with E-state index in [2.05, 4.69) is 10.3 Å². The first-order valence-corrected chi connectivity index (χ1v) is 6.85. The van der Waals surface area contributed by atoms with Gasteiger partial charge in [-0.1, -0.05) is 31.9 Å². The van der Waals surface area contributed by atoms with Gasteiger partial charge in [-0.25, -0.2) is 14.3 Å². The highest BCUT2D eigenvalue weighted by Crippen LogP contribution is 2.09. The Kier molecular flexibility index (Phi) is 6.69. The molecule has 112 valence electrons. The Labute approximate surface area is 118 Å². The summed E-state index contributed by atoms with van der Waals surface area (Å²) in [5, 5.41) is 7.36. The summed E-state index contributed by atoms with van der Waals surface area (Å²) in [5.41, 5.74) is -0.0623. The van der Waals surface area contributed by atoms with E-state index in [9.17, 15) is 9.59 Å². The van der Waals surface area contributed by atoms with Gasteiger partial charge in [0.15, 0.2) is 5.69 Å². The van der Waals surface area contributed by atoms with Gasteiger partial charge in [0.2, 0.25) is 5.69 Å². The van der Waals surface area contributed by atoms with E-state index in [1.165, 1.54) is 11.7 Å². The lowest BCUT2D eigenvalue weighted by atomic mass is 10.3. The molecule has 1 rings (SSSR count). The first-order valence-electron chi connectivity index (χ1n) is 6.85. The van der Waals surface area contributed by atoms with Crippen molar-refractivity contribution in [2.75, 3.05) is 13.2 Å². The van der Waals surface area contributed by atoms with Crippen LogP contribution < -0.4 is 0 Å². The van der Waals surface area contributed by atoms with Gasteiger partial charge in [0.05, 0.1) is 13.2 Å². The normalized spacial score (nSPS) is 10.3. The molecule has 0 saturated carbocycles. The molecule has 0 radical (unpaired) electrons. The van der Waals surface area contributed by atoms with Gasteiger partial charge in [0, 0.05) is 7.05 Å². The molecule has 0 atom stereocenters. The van der Waals surface area contributed by atoms with Gasteiger partial charge in [0.1, 0.15) is 0 Å². The fourth-order valence-electron chi connectivity index (χ4n) is 1.48. The standard InChI is InChI=1S/C13H21N3O4/c1-4-6-8-19-12(17)10-11(16(3)15-14-10)13(18)20-9-7-5-2/h4-9H2,1-3H3. The summed E-state index contributed by atoms with van der Waals surface area (Å²) < 4.78 is 11.3. The summed E-state index contributed by atoms with van der Waals surface area (Å²) >= 11 is 0.